The van der Waals surface area contributed by atoms with Crippen LogP contribution in [-0.2, 0) is 4.74 Å². The predicted molar refractivity (Wildman–Crippen MR) is 99.2 cm³/mol. The van der Waals surface area contributed by atoms with Crippen LogP contribution in [0.5, 0.6) is 0 Å². The highest BCUT2D eigenvalue weighted by Gasteiger charge is 2.16. The molecule has 0 aliphatic heterocycles. The number of aliphatic hydroxyl groups is 1. The Kier molecular flexibility index (Phi) is 7.96. The van der Waals surface area contributed by atoms with Crippen molar-refractivity contribution in [3.63, 3.8) is 0 Å². The molecule has 0 spiro atoms. The number of ether oxygens (including phenoxy) is 1. The van der Waals surface area contributed by atoms with E-state index in [0.29, 0.717) is 13.2 Å². The van der Waals surface area contributed by atoms with Gasteiger partial charge in [0.15, 0.2) is 0 Å². The van der Waals surface area contributed by atoms with Gasteiger partial charge in [0.1, 0.15) is 6.10 Å². The molecular formula is C21H29NO2. The second-order valence-electron chi connectivity index (χ2n) is 6.25. The summed E-state index contributed by atoms with van der Waals surface area (Å²) in [6.45, 7) is 6.05. The van der Waals surface area contributed by atoms with Crippen LogP contribution in [0.15, 0.2) is 54.6 Å². The topological polar surface area (TPSA) is 41.5 Å². The molecule has 130 valence electrons. The highest BCUT2D eigenvalue weighted by atomic mass is 16.5. The zero-order valence-electron chi connectivity index (χ0n) is 14.7. The predicted octanol–water partition coefficient (Wildman–Crippen LogP) is 3.85. The SMILES string of the molecule is CCCCNC[C@@H](O)CO[C@H](c1ccccc1)c1ccc(C)cc1. The zero-order valence-corrected chi connectivity index (χ0v) is 14.7. The fourth-order valence-corrected chi connectivity index (χ4v) is 2.59. The van der Waals surface area contributed by atoms with Crippen molar-refractivity contribution in [1.82, 2.24) is 5.32 Å². The molecule has 0 aromatic heterocycles. The van der Waals surface area contributed by atoms with E-state index in [0.717, 1.165) is 30.5 Å². The summed E-state index contributed by atoms with van der Waals surface area (Å²) in [5.74, 6) is 0. The number of benzene rings is 2. The monoisotopic (exact) mass is 327 g/mol. The van der Waals surface area contributed by atoms with Gasteiger partial charge in [-0.25, -0.2) is 0 Å². The Hall–Kier alpha value is -1.68. The summed E-state index contributed by atoms with van der Waals surface area (Å²) in [6, 6.07) is 18.5. The van der Waals surface area contributed by atoms with Gasteiger partial charge in [-0.2, -0.15) is 0 Å². The molecule has 0 aliphatic carbocycles. The van der Waals surface area contributed by atoms with E-state index in [9.17, 15) is 5.11 Å². The molecule has 2 N–H and O–H groups in total. The molecule has 0 saturated carbocycles. The maximum absolute atomic E-state index is 10.1. The average molecular weight is 327 g/mol. The first-order valence-electron chi connectivity index (χ1n) is 8.82. The van der Waals surface area contributed by atoms with Crippen molar-refractivity contribution in [2.24, 2.45) is 0 Å². The fourth-order valence-electron chi connectivity index (χ4n) is 2.59. The molecule has 3 heteroatoms. The summed E-state index contributed by atoms with van der Waals surface area (Å²) in [7, 11) is 0. The first-order valence-corrected chi connectivity index (χ1v) is 8.82. The Bertz CT molecular complexity index is 568. The number of nitrogens with one attached hydrogen (secondary N) is 1. The van der Waals surface area contributed by atoms with Gasteiger partial charge in [0.05, 0.1) is 12.7 Å². The summed E-state index contributed by atoms with van der Waals surface area (Å²) in [5.41, 5.74) is 3.44. The zero-order chi connectivity index (χ0) is 17.2. The molecule has 0 radical (unpaired) electrons. The van der Waals surface area contributed by atoms with Crippen molar-refractivity contribution >= 4 is 0 Å². The highest BCUT2D eigenvalue weighted by Crippen LogP contribution is 2.26. The molecule has 0 unspecified atom stereocenters. The maximum atomic E-state index is 10.1. The van der Waals surface area contributed by atoms with Crippen molar-refractivity contribution in [3.05, 3.63) is 71.3 Å². The van der Waals surface area contributed by atoms with E-state index in [4.69, 9.17) is 4.74 Å². The van der Waals surface area contributed by atoms with Crippen molar-refractivity contribution in [3.8, 4) is 0 Å². The lowest BCUT2D eigenvalue weighted by Gasteiger charge is -2.21. The van der Waals surface area contributed by atoms with E-state index in [-0.39, 0.29) is 6.10 Å². The van der Waals surface area contributed by atoms with Crippen molar-refractivity contribution in [2.75, 3.05) is 19.7 Å². The third kappa shape index (κ3) is 6.08. The minimum Gasteiger partial charge on any atom is -0.389 e. The first-order chi connectivity index (χ1) is 11.7. The lowest BCUT2D eigenvalue weighted by molar-refractivity contribution is 0.00665. The molecule has 24 heavy (non-hydrogen) atoms. The Labute approximate surface area is 145 Å². The van der Waals surface area contributed by atoms with Gasteiger partial charge in [0, 0.05) is 6.54 Å². The molecular weight excluding hydrogens is 298 g/mol. The van der Waals surface area contributed by atoms with Gasteiger partial charge >= 0.3 is 0 Å². The van der Waals surface area contributed by atoms with E-state index in [1.165, 1.54) is 5.56 Å². The number of hydrogen-bond acceptors (Lipinski definition) is 3. The Morgan fingerprint density at radius 2 is 1.67 bits per heavy atom. The van der Waals surface area contributed by atoms with Crippen molar-refractivity contribution in [2.45, 2.75) is 38.9 Å². The Morgan fingerprint density at radius 3 is 2.33 bits per heavy atom. The van der Waals surface area contributed by atoms with Crippen LogP contribution in [0.2, 0.25) is 0 Å². The molecule has 0 amide bonds. The molecule has 2 aromatic rings. The van der Waals surface area contributed by atoms with E-state index in [1.807, 2.05) is 18.2 Å². The molecule has 0 fully saturated rings. The largest absolute Gasteiger partial charge is 0.389 e. The summed E-state index contributed by atoms with van der Waals surface area (Å²) < 4.78 is 6.08. The average Bonchev–Trinajstić information content (AvgIpc) is 2.61. The van der Waals surface area contributed by atoms with E-state index in [1.54, 1.807) is 0 Å². The highest BCUT2D eigenvalue weighted by molar-refractivity contribution is 5.31. The molecule has 0 bridgehead atoms. The number of aryl methyl sites for hydroxylation is 1. The lowest BCUT2D eigenvalue weighted by Crippen LogP contribution is -2.31. The Balaban J connectivity index is 1.98. The third-order valence-electron chi connectivity index (χ3n) is 4.02. The molecule has 0 heterocycles. The molecule has 2 aromatic carbocycles. The number of hydrogen-bond donors (Lipinski definition) is 2. The summed E-state index contributed by atoms with van der Waals surface area (Å²) in [5, 5.41) is 13.4. The van der Waals surface area contributed by atoms with Gasteiger partial charge in [0.25, 0.3) is 0 Å². The first kappa shape index (κ1) is 18.7. The van der Waals surface area contributed by atoms with E-state index in [2.05, 4.69) is 55.6 Å². The number of aliphatic hydroxyl groups excluding tert-OH is 1. The summed E-state index contributed by atoms with van der Waals surface area (Å²) in [6.07, 6.45) is 1.63. The van der Waals surface area contributed by atoms with Crippen LogP contribution in [0.3, 0.4) is 0 Å². The second kappa shape index (κ2) is 10.2. The van der Waals surface area contributed by atoms with Gasteiger partial charge in [0.2, 0.25) is 0 Å². The van der Waals surface area contributed by atoms with Gasteiger partial charge in [-0.1, -0.05) is 73.5 Å². The van der Waals surface area contributed by atoms with Crippen LogP contribution in [-0.4, -0.2) is 30.9 Å². The third-order valence-corrected chi connectivity index (χ3v) is 4.02. The fraction of sp³-hybridized carbons (Fsp3) is 0.429. The van der Waals surface area contributed by atoms with Crippen LogP contribution in [0.1, 0.15) is 42.6 Å². The molecule has 0 aliphatic rings. The van der Waals surface area contributed by atoms with Crippen molar-refractivity contribution in [1.29, 1.82) is 0 Å². The molecule has 2 rings (SSSR count). The van der Waals surface area contributed by atoms with Crippen LogP contribution >= 0.6 is 0 Å². The van der Waals surface area contributed by atoms with Crippen LogP contribution in [0.4, 0.5) is 0 Å². The molecule has 2 atom stereocenters. The van der Waals surface area contributed by atoms with Gasteiger partial charge in [-0.15, -0.1) is 0 Å². The van der Waals surface area contributed by atoms with Gasteiger partial charge in [-0.3, -0.25) is 0 Å². The number of unbranched alkanes of at least 4 members (excludes halogenated alkanes) is 1. The molecule has 3 nitrogen and oxygen atoms in total. The van der Waals surface area contributed by atoms with Crippen molar-refractivity contribution < 1.29 is 9.84 Å². The van der Waals surface area contributed by atoms with Crippen LogP contribution < -0.4 is 5.32 Å². The smallest absolute Gasteiger partial charge is 0.108 e. The maximum Gasteiger partial charge on any atom is 0.108 e. The number of rotatable bonds is 10. The van der Waals surface area contributed by atoms with Gasteiger partial charge < -0.3 is 15.2 Å². The summed E-state index contributed by atoms with van der Waals surface area (Å²) >= 11 is 0. The van der Waals surface area contributed by atoms with Crippen LogP contribution in [0.25, 0.3) is 0 Å². The summed E-state index contributed by atoms with van der Waals surface area (Å²) in [4.78, 5) is 0. The van der Waals surface area contributed by atoms with Gasteiger partial charge in [-0.05, 0) is 31.0 Å². The second-order valence-corrected chi connectivity index (χ2v) is 6.25. The minimum absolute atomic E-state index is 0.155. The molecule has 0 saturated heterocycles. The Morgan fingerprint density at radius 1 is 1.00 bits per heavy atom. The van der Waals surface area contributed by atoms with E-state index >= 15 is 0 Å². The normalized spacial score (nSPS) is 13.6. The van der Waals surface area contributed by atoms with Crippen LogP contribution in [0, 0.1) is 6.92 Å². The quantitative estimate of drug-likeness (QED) is 0.651. The lowest BCUT2D eigenvalue weighted by atomic mass is 10.0. The van der Waals surface area contributed by atoms with E-state index < -0.39 is 6.10 Å². The standard InChI is InChI=1S/C21H29NO2/c1-3-4-14-22-15-20(23)16-24-21(18-8-6-5-7-9-18)19-12-10-17(2)11-13-19/h5-13,20-23H,3-4,14-16H2,1-2H3/t20-,21-/m1/s1. The minimum atomic E-state index is -0.501.